The van der Waals surface area contributed by atoms with E-state index in [1.807, 2.05) is 4.90 Å². The summed E-state index contributed by atoms with van der Waals surface area (Å²) in [5.74, 6) is -0.805. The van der Waals surface area contributed by atoms with Crippen molar-refractivity contribution >= 4 is 27.2 Å². The molecule has 1 aliphatic heterocycles. The molecule has 0 spiro atoms. The van der Waals surface area contributed by atoms with Gasteiger partial charge in [0.2, 0.25) is 0 Å². The predicted molar refractivity (Wildman–Crippen MR) is 128 cm³/mol. The van der Waals surface area contributed by atoms with Crippen LogP contribution in [0.1, 0.15) is 40.5 Å². The van der Waals surface area contributed by atoms with Gasteiger partial charge in [0, 0.05) is 43.4 Å². The molecule has 8 nitrogen and oxygen atoms in total. The van der Waals surface area contributed by atoms with Crippen molar-refractivity contribution in [1.82, 2.24) is 4.90 Å². The summed E-state index contributed by atoms with van der Waals surface area (Å²) in [6, 6.07) is 8.59. The Morgan fingerprint density at radius 3 is 2.31 bits per heavy atom. The van der Waals surface area contributed by atoms with Crippen LogP contribution in [-0.2, 0) is 9.84 Å². The number of hydrogen-bond acceptors (Lipinski definition) is 7. The minimum atomic E-state index is -3.54. The summed E-state index contributed by atoms with van der Waals surface area (Å²) in [5, 5.41) is 9.57. The Balaban J connectivity index is 1.51. The monoisotopic (exact) mass is 504 g/mol. The molecule has 2 aromatic rings. The number of nitrogens with zero attached hydrogens (tertiary/aromatic N) is 2. The van der Waals surface area contributed by atoms with E-state index in [1.165, 1.54) is 31.2 Å². The first-order valence-electron chi connectivity index (χ1n) is 11.5. The summed E-state index contributed by atoms with van der Waals surface area (Å²) in [7, 11) is -3.54. The lowest BCUT2D eigenvalue weighted by molar-refractivity contribution is 0.0738. The van der Waals surface area contributed by atoms with Crippen LogP contribution in [0, 0.1) is 11.2 Å². The summed E-state index contributed by atoms with van der Waals surface area (Å²) >= 11 is 0. The Hall–Kier alpha value is -2.98. The van der Waals surface area contributed by atoms with Crippen LogP contribution in [0.2, 0.25) is 0 Å². The van der Waals surface area contributed by atoms with Gasteiger partial charge in [0.05, 0.1) is 29.4 Å². The van der Waals surface area contributed by atoms with Crippen LogP contribution in [0.15, 0.2) is 41.3 Å². The first-order valence-corrected chi connectivity index (χ1v) is 13.3. The fourth-order valence-corrected chi connectivity index (χ4v) is 4.74. The molecule has 0 radical (unpaired) electrons. The molecule has 2 fully saturated rings. The second-order valence-electron chi connectivity index (χ2n) is 9.38. The summed E-state index contributed by atoms with van der Waals surface area (Å²) in [4.78, 5) is 28.3. The number of Topliss-reactive ketones (excluding diaryl/α,β-unsaturated/α-hetero) is 1. The SMILES string of the molecule is CC(=O)c1ccc(N2CCN(C(=O)c3cc(S(C)(=O)=O)ccc3OCC3(CO)CC3)CC2)c(F)c1. The zero-order valence-corrected chi connectivity index (χ0v) is 20.6. The number of rotatable bonds is 8. The number of aliphatic hydroxyl groups is 1. The zero-order chi connectivity index (χ0) is 25.4. The number of halogens is 1. The van der Waals surface area contributed by atoms with Gasteiger partial charge in [-0.2, -0.15) is 0 Å². The smallest absolute Gasteiger partial charge is 0.257 e. The Kier molecular flexibility index (Phi) is 6.88. The molecule has 35 heavy (non-hydrogen) atoms. The highest BCUT2D eigenvalue weighted by Gasteiger charge is 2.43. The Labute approximate surface area is 204 Å². The topological polar surface area (TPSA) is 104 Å². The first kappa shape index (κ1) is 25.1. The molecule has 1 N–H and O–H groups in total. The van der Waals surface area contributed by atoms with Gasteiger partial charge in [-0.15, -0.1) is 0 Å². The summed E-state index contributed by atoms with van der Waals surface area (Å²) < 4.78 is 44.7. The van der Waals surface area contributed by atoms with Crippen LogP contribution in [0.5, 0.6) is 5.75 Å². The first-order chi connectivity index (χ1) is 16.5. The number of piperazine rings is 1. The Bertz CT molecular complexity index is 1250. The van der Waals surface area contributed by atoms with Crippen molar-refractivity contribution in [1.29, 1.82) is 0 Å². The van der Waals surface area contributed by atoms with Gasteiger partial charge >= 0.3 is 0 Å². The largest absolute Gasteiger partial charge is 0.492 e. The van der Waals surface area contributed by atoms with E-state index >= 15 is 0 Å². The third-order valence-electron chi connectivity index (χ3n) is 6.70. The molecule has 1 saturated heterocycles. The van der Waals surface area contributed by atoms with Crippen molar-refractivity contribution in [2.75, 3.05) is 50.5 Å². The second kappa shape index (κ2) is 9.58. The Morgan fingerprint density at radius 1 is 1.09 bits per heavy atom. The molecule has 4 rings (SSSR count). The number of aliphatic hydroxyl groups excluding tert-OH is 1. The summed E-state index contributed by atoms with van der Waals surface area (Å²) in [5.41, 5.74) is 0.507. The van der Waals surface area contributed by atoms with Gasteiger partial charge in [-0.05, 0) is 56.2 Å². The van der Waals surface area contributed by atoms with Gasteiger partial charge in [-0.1, -0.05) is 0 Å². The number of ketones is 1. The van der Waals surface area contributed by atoms with E-state index in [0.29, 0.717) is 37.4 Å². The molecule has 1 aliphatic carbocycles. The highest BCUT2D eigenvalue weighted by Crippen LogP contribution is 2.45. The van der Waals surface area contributed by atoms with Crippen molar-refractivity contribution in [3.63, 3.8) is 0 Å². The van der Waals surface area contributed by atoms with E-state index in [9.17, 15) is 27.5 Å². The molecule has 2 aliphatic rings. The normalized spacial score (nSPS) is 17.3. The van der Waals surface area contributed by atoms with Gasteiger partial charge in [0.1, 0.15) is 11.6 Å². The van der Waals surface area contributed by atoms with Crippen molar-refractivity contribution in [3.05, 3.63) is 53.3 Å². The standard InChI is InChI=1S/C25H29FN2O6S/c1-17(30)18-3-5-22(21(26)13-18)27-9-11-28(12-10-27)24(31)20-14-19(35(2,32)33)4-6-23(20)34-16-25(15-29)7-8-25/h3-6,13-14,29H,7-12,15-16H2,1-2H3. The summed E-state index contributed by atoms with van der Waals surface area (Å²) in [6.07, 6.45) is 2.74. The third-order valence-corrected chi connectivity index (χ3v) is 7.81. The lowest BCUT2D eigenvalue weighted by Crippen LogP contribution is -2.49. The van der Waals surface area contributed by atoms with Crippen LogP contribution >= 0.6 is 0 Å². The maximum atomic E-state index is 14.6. The average Bonchev–Trinajstić information content (AvgIpc) is 3.62. The molecule has 2 aromatic carbocycles. The van der Waals surface area contributed by atoms with E-state index in [2.05, 4.69) is 0 Å². The number of ether oxygens (including phenoxy) is 1. The molecule has 0 aromatic heterocycles. The van der Waals surface area contributed by atoms with Crippen LogP contribution < -0.4 is 9.64 Å². The van der Waals surface area contributed by atoms with Crippen molar-refractivity contribution in [2.24, 2.45) is 5.41 Å². The number of carbonyl (C=O) groups excluding carboxylic acids is 2. The number of benzene rings is 2. The van der Waals surface area contributed by atoms with Crippen molar-refractivity contribution < 1.29 is 32.2 Å². The maximum Gasteiger partial charge on any atom is 0.257 e. The quantitative estimate of drug-likeness (QED) is 0.551. The number of hydrogen-bond donors (Lipinski definition) is 1. The fraction of sp³-hybridized carbons (Fsp3) is 0.440. The lowest BCUT2D eigenvalue weighted by atomic mass is 10.1. The molecule has 1 saturated carbocycles. The zero-order valence-electron chi connectivity index (χ0n) is 19.8. The fourth-order valence-electron chi connectivity index (χ4n) is 4.09. The molecule has 1 amide bonds. The van der Waals surface area contributed by atoms with E-state index in [0.717, 1.165) is 19.1 Å². The lowest BCUT2D eigenvalue weighted by Gasteiger charge is -2.36. The number of carbonyl (C=O) groups is 2. The molecule has 10 heteroatoms. The van der Waals surface area contributed by atoms with Crippen LogP contribution in [-0.4, -0.2) is 75.8 Å². The molecule has 0 unspecified atom stereocenters. The molecule has 0 bridgehead atoms. The highest BCUT2D eigenvalue weighted by molar-refractivity contribution is 7.90. The molecule has 0 atom stereocenters. The molecule has 1 heterocycles. The summed E-state index contributed by atoms with van der Waals surface area (Å²) in [6.45, 7) is 2.96. The second-order valence-corrected chi connectivity index (χ2v) is 11.4. The average molecular weight is 505 g/mol. The molecule has 188 valence electrons. The van der Waals surface area contributed by atoms with Gasteiger partial charge in [0.15, 0.2) is 15.6 Å². The van der Waals surface area contributed by atoms with Crippen LogP contribution in [0.3, 0.4) is 0 Å². The van der Waals surface area contributed by atoms with E-state index in [1.54, 1.807) is 17.0 Å². The number of anilines is 1. The van der Waals surface area contributed by atoms with Gasteiger partial charge < -0.3 is 19.6 Å². The minimum Gasteiger partial charge on any atom is -0.492 e. The maximum absolute atomic E-state index is 14.6. The number of amides is 1. The van der Waals surface area contributed by atoms with E-state index in [-0.39, 0.29) is 46.5 Å². The number of sulfone groups is 1. The van der Waals surface area contributed by atoms with Gasteiger partial charge in [-0.25, -0.2) is 12.8 Å². The van der Waals surface area contributed by atoms with E-state index in [4.69, 9.17) is 4.74 Å². The van der Waals surface area contributed by atoms with Gasteiger partial charge in [-0.3, -0.25) is 9.59 Å². The van der Waals surface area contributed by atoms with Crippen LogP contribution in [0.4, 0.5) is 10.1 Å². The Morgan fingerprint density at radius 2 is 1.77 bits per heavy atom. The third kappa shape index (κ3) is 5.48. The minimum absolute atomic E-state index is 0.0103. The van der Waals surface area contributed by atoms with Gasteiger partial charge in [0.25, 0.3) is 5.91 Å². The predicted octanol–water partition coefficient (Wildman–Crippen LogP) is 2.55. The molecular weight excluding hydrogens is 475 g/mol. The molecular formula is C25H29FN2O6S. The highest BCUT2D eigenvalue weighted by atomic mass is 32.2. The van der Waals surface area contributed by atoms with Crippen molar-refractivity contribution in [2.45, 2.75) is 24.7 Å². The van der Waals surface area contributed by atoms with Crippen LogP contribution in [0.25, 0.3) is 0 Å². The van der Waals surface area contributed by atoms with E-state index < -0.39 is 15.7 Å². The van der Waals surface area contributed by atoms with Crippen molar-refractivity contribution in [3.8, 4) is 5.75 Å².